The highest BCUT2D eigenvalue weighted by Gasteiger charge is 2.54. The van der Waals surface area contributed by atoms with Crippen molar-refractivity contribution in [2.24, 2.45) is 5.41 Å². The van der Waals surface area contributed by atoms with E-state index in [0.29, 0.717) is 11.3 Å². The van der Waals surface area contributed by atoms with Crippen LogP contribution in [0.25, 0.3) is 0 Å². The third-order valence-electron chi connectivity index (χ3n) is 2.96. The summed E-state index contributed by atoms with van der Waals surface area (Å²) in [5.41, 5.74) is -0.397. The van der Waals surface area contributed by atoms with Crippen LogP contribution in [0.5, 0.6) is 0 Å². The number of carbonyl (C=O) groups excluding carboxylic acids is 2. The Morgan fingerprint density at radius 1 is 1.47 bits per heavy atom. The summed E-state index contributed by atoms with van der Waals surface area (Å²) in [6, 6.07) is 8.42. The van der Waals surface area contributed by atoms with Gasteiger partial charge in [-0.05, 0) is 18.2 Å². The normalized spacial score (nSPS) is 15.8. The first kappa shape index (κ1) is 13.1. The summed E-state index contributed by atoms with van der Waals surface area (Å²) in [4.78, 5) is 23.8. The zero-order valence-electron chi connectivity index (χ0n) is 10.3. The van der Waals surface area contributed by atoms with Crippen molar-refractivity contribution in [3.8, 4) is 6.07 Å². The molecule has 1 aromatic carbocycles. The fourth-order valence-electron chi connectivity index (χ4n) is 1.76. The number of benzene rings is 1. The predicted molar refractivity (Wildman–Crippen MR) is 65.1 cm³/mol. The Bertz CT molecular complexity index is 558. The van der Waals surface area contributed by atoms with Gasteiger partial charge in [-0.2, -0.15) is 5.26 Å². The molecule has 0 unspecified atom stereocenters. The Labute approximate surface area is 109 Å². The van der Waals surface area contributed by atoms with Crippen LogP contribution in [0.4, 0.5) is 5.69 Å². The van der Waals surface area contributed by atoms with Crippen LogP contribution in [-0.4, -0.2) is 32.2 Å². The summed E-state index contributed by atoms with van der Waals surface area (Å²) in [7, 11) is 1.23. The molecule has 6 heteroatoms. The number of anilines is 1. The molecule has 1 N–H and O–H groups in total. The Hall–Kier alpha value is -2.39. The van der Waals surface area contributed by atoms with Crippen molar-refractivity contribution in [3.05, 3.63) is 29.8 Å². The zero-order chi connectivity index (χ0) is 13.9. The summed E-state index contributed by atoms with van der Waals surface area (Å²) in [6.45, 7) is 0.00684. The molecule has 98 valence electrons. The number of hydrogen-bond donors (Lipinski definition) is 1. The number of nitrogens with zero attached hydrogens (tertiary/aromatic N) is 1. The summed E-state index contributed by atoms with van der Waals surface area (Å²) >= 11 is 0. The monoisotopic (exact) mass is 260 g/mol. The van der Waals surface area contributed by atoms with Gasteiger partial charge in [-0.25, -0.2) is 0 Å². The minimum Gasteiger partial charge on any atom is -0.468 e. The van der Waals surface area contributed by atoms with Gasteiger partial charge in [0.05, 0.1) is 32.0 Å². The zero-order valence-corrected chi connectivity index (χ0v) is 10.3. The van der Waals surface area contributed by atoms with Gasteiger partial charge >= 0.3 is 5.97 Å². The number of nitrogens with one attached hydrogen (secondary N) is 1. The van der Waals surface area contributed by atoms with Crippen LogP contribution >= 0.6 is 0 Å². The van der Waals surface area contributed by atoms with E-state index in [2.05, 4.69) is 10.1 Å². The molecule has 1 aliphatic heterocycles. The lowest BCUT2D eigenvalue weighted by Gasteiger charge is -2.36. The van der Waals surface area contributed by atoms with Gasteiger partial charge in [0, 0.05) is 5.69 Å². The second-order valence-corrected chi connectivity index (χ2v) is 4.21. The SMILES string of the molecule is COC(=O)C1(C(=O)Nc2cccc(C#N)c2)COC1. The Morgan fingerprint density at radius 2 is 2.21 bits per heavy atom. The number of esters is 1. The molecule has 1 saturated heterocycles. The van der Waals surface area contributed by atoms with E-state index in [1.54, 1.807) is 18.2 Å². The molecule has 0 atom stereocenters. The van der Waals surface area contributed by atoms with Crippen LogP contribution in [0.3, 0.4) is 0 Å². The van der Waals surface area contributed by atoms with E-state index in [1.807, 2.05) is 6.07 Å². The van der Waals surface area contributed by atoms with E-state index in [9.17, 15) is 9.59 Å². The Balaban J connectivity index is 2.16. The maximum Gasteiger partial charge on any atom is 0.326 e. The Morgan fingerprint density at radius 3 is 2.74 bits per heavy atom. The molecule has 0 bridgehead atoms. The quantitative estimate of drug-likeness (QED) is 0.638. The van der Waals surface area contributed by atoms with Crippen molar-refractivity contribution in [2.75, 3.05) is 25.6 Å². The third-order valence-corrected chi connectivity index (χ3v) is 2.96. The van der Waals surface area contributed by atoms with Gasteiger partial charge in [-0.1, -0.05) is 6.07 Å². The first-order valence-electron chi connectivity index (χ1n) is 5.60. The number of methoxy groups -OCH3 is 1. The maximum atomic E-state index is 12.1. The van der Waals surface area contributed by atoms with Gasteiger partial charge < -0.3 is 14.8 Å². The van der Waals surface area contributed by atoms with Crippen LogP contribution in [0.15, 0.2) is 24.3 Å². The first-order chi connectivity index (χ1) is 9.12. The minimum absolute atomic E-state index is 0.00342. The topological polar surface area (TPSA) is 88.4 Å². The van der Waals surface area contributed by atoms with Crippen molar-refractivity contribution in [1.82, 2.24) is 0 Å². The molecule has 0 aromatic heterocycles. The second kappa shape index (κ2) is 5.08. The highest BCUT2D eigenvalue weighted by molar-refractivity contribution is 6.10. The molecule has 0 aliphatic carbocycles. The van der Waals surface area contributed by atoms with Crippen LogP contribution in [0.1, 0.15) is 5.56 Å². The number of hydrogen-bond acceptors (Lipinski definition) is 5. The van der Waals surface area contributed by atoms with Gasteiger partial charge in [0.1, 0.15) is 0 Å². The number of rotatable bonds is 3. The van der Waals surface area contributed by atoms with Gasteiger partial charge in [-0.15, -0.1) is 0 Å². The van der Waals surface area contributed by atoms with Gasteiger partial charge in [0.2, 0.25) is 5.91 Å². The molecule has 2 rings (SSSR count). The van der Waals surface area contributed by atoms with Crippen LogP contribution in [0.2, 0.25) is 0 Å². The molecular weight excluding hydrogens is 248 g/mol. The van der Waals surface area contributed by atoms with E-state index in [4.69, 9.17) is 10.00 Å². The first-order valence-corrected chi connectivity index (χ1v) is 5.60. The van der Waals surface area contributed by atoms with Crippen molar-refractivity contribution < 1.29 is 19.1 Å². The summed E-state index contributed by atoms with van der Waals surface area (Å²) in [5.74, 6) is -1.10. The smallest absolute Gasteiger partial charge is 0.326 e. The highest BCUT2D eigenvalue weighted by atomic mass is 16.5. The lowest BCUT2D eigenvalue weighted by atomic mass is 9.85. The fraction of sp³-hybridized carbons (Fsp3) is 0.308. The van der Waals surface area contributed by atoms with Crippen LogP contribution in [0, 0.1) is 16.7 Å². The predicted octanol–water partition coefficient (Wildman–Crippen LogP) is 0.686. The fourth-order valence-corrected chi connectivity index (χ4v) is 1.76. The van der Waals surface area contributed by atoms with Crippen LogP contribution in [-0.2, 0) is 19.1 Å². The number of ether oxygens (including phenoxy) is 2. The summed E-state index contributed by atoms with van der Waals surface area (Å²) in [5, 5.41) is 11.4. The molecule has 0 saturated carbocycles. The number of carbonyl (C=O) groups is 2. The van der Waals surface area contributed by atoms with Crippen molar-refractivity contribution in [2.45, 2.75) is 0 Å². The largest absolute Gasteiger partial charge is 0.468 e. The maximum absolute atomic E-state index is 12.1. The molecule has 1 amide bonds. The number of amides is 1. The minimum atomic E-state index is -1.28. The van der Waals surface area contributed by atoms with E-state index in [-0.39, 0.29) is 13.2 Å². The van der Waals surface area contributed by atoms with E-state index >= 15 is 0 Å². The van der Waals surface area contributed by atoms with Crippen molar-refractivity contribution in [3.63, 3.8) is 0 Å². The molecule has 1 aliphatic rings. The molecule has 1 aromatic rings. The second-order valence-electron chi connectivity index (χ2n) is 4.21. The molecule has 1 fully saturated rings. The average Bonchev–Trinajstić information content (AvgIpc) is 2.37. The standard InChI is InChI=1S/C13H12N2O4/c1-18-12(17)13(7-19-8-13)11(16)15-10-4-2-3-9(5-10)6-14/h2-5H,7-8H2,1H3,(H,15,16). The molecule has 6 nitrogen and oxygen atoms in total. The third kappa shape index (κ3) is 2.28. The van der Waals surface area contributed by atoms with Gasteiger partial charge in [0.15, 0.2) is 5.41 Å². The number of nitriles is 1. The van der Waals surface area contributed by atoms with Crippen LogP contribution < -0.4 is 5.32 Å². The lowest BCUT2D eigenvalue weighted by Crippen LogP contribution is -2.57. The lowest BCUT2D eigenvalue weighted by molar-refractivity contribution is -0.185. The van der Waals surface area contributed by atoms with Gasteiger partial charge in [-0.3, -0.25) is 9.59 Å². The van der Waals surface area contributed by atoms with E-state index < -0.39 is 17.3 Å². The summed E-state index contributed by atoms with van der Waals surface area (Å²) in [6.07, 6.45) is 0. The van der Waals surface area contributed by atoms with E-state index in [0.717, 1.165) is 0 Å². The Kier molecular flexibility index (Phi) is 3.49. The summed E-state index contributed by atoms with van der Waals surface area (Å²) < 4.78 is 9.58. The van der Waals surface area contributed by atoms with Crippen molar-refractivity contribution in [1.29, 1.82) is 5.26 Å². The molecule has 0 radical (unpaired) electrons. The highest BCUT2D eigenvalue weighted by Crippen LogP contribution is 2.30. The van der Waals surface area contributed by atoms with E-state index in [1.165, 1.54) is 13.2 Å². The molecule has 1 heterocycles. The van der Waals surface area contributed by atoms with Gasteiger partial charge in [0.25, 0.3) is 0 Å². The average molecular weight is 260 g/mol. The molecule has 19 heavy (non-hydrogen) atoms. The molecule has 0 spiro atoms. The molecular formula is C13H12N2O4. The van der Waals surface area contributed by atoms with Crippen molar-refractivity contribution >= 4 is 17.6 Å².